The summed E-state index contributed by atoms with van der Waals surface area (Å²) >= 11 is 1.53. The van der Waals surface area contributed by atoms with Crippen LogP contribution in [-0.2, 0) is 20.4 Å². The molecule has 0 aliphatic rings. The molecule has 37 heavy (non-hydrogen) atoms. The minimum Gasteiger partial charge on any atom is -0.469 e. The molecule has 0 bridgehead atoms. The van der Waals surface area contributed by atoms with Crippen LogP contribution in [0.3, 0.4) is 0 Å². The number of ether oxygens (including phenoxy) is 2. The number of carbonyl (C=O) groups is 1. The van der Waals surface area contributed by atoms with Gasteiger partial charge in [-0.3, -0.25) is 4.79 Å². The third-order valence-corrected chi connectivity index (χ3v) is 7.05. The van der Waals surface area contributed by atoms with Crippen molar-refractivity contribution in [2.75, 3.05) is 12.4 Å². The number of benzene rings is 2. The maximum absolute atomic E-state index is 12.2. The van der Waals surface area contributed by atoms with Crippen molar-refractivity contribution < 1.29 is 14.3 Å². The summed E-state index contributed by atoms with van der Waals surface area (Å²) in [5.41, 5.74) is 3.06. The molecule has 0 unspecified atom stereocenters. The first-order chi connectivity index (χ1) is 17.6. The number of esters is 1. The van der Waals surface area contributed by atoms with E-state index >= 15 is 0 Å². The van der Waals surface area contributed by atoms with Crippen LogP contribution >= 0.6 is 11.3 Å². The minimum absolute atomic E-state index is 0.0843. The van der Waals surface area contributed by atoms with E-state index in [-0.39, 0.29) is 17.8 Å². The van der Waals surface area contributed by atoms with Crippen LogP contribution in [0.5, 0.6) is 11.6 Å². The van der Waals surface area contributed by atoms with Gasteiger partial charge < -0.3 is 14.8 Å². The Morgan fingerprint density at radius 2 is 1.65 bits per heavy atom. The fourth-order valence-electron chi connectivity index (χ4n) is 4.10. The number of methoxy groups -OCH3 is 1. The summed E-state index contributed by atoms with van der Waals surface area (Å²) in [5, 5.41) is 4.11. The third kappa shape index (κ3) is 6.17. The van der Waals surface area contributed by atoms with Crippen LogP contribution in [0.25, 0.3) is 10.4 Å². The summed E-state index contributed by atoms with van der Waals surface area (Å²) in [6.45, 7) is 10.5. The van der Waals surface area contributed by atoms with Gasteiger partial charge in [0.05, 0.1) is 24.1 Å². The van der Waals surface area contributed by atoms with Gasteiger partial charge in [0.25, 0.3) is 0 Å². The number of rotatable bonds is 8. The Hall–Kier alpha value is -3.71. The summed E-state index contributed by atoms with van der Waals surface area (Å²) in [5.74, 6) is 0.957. The molecule has 192 valence electrons. The van der Waals surface area contributed by atoms with Crippen molar-refractivity contribution in [2.24, 2.45) is 0 Å². The standard InChI is InChI=1S/C30H33N3O3S/c1-29(2,3)21-15-10-11-17-23(21)36-27-22(16-12-18-31-27)32-28-33-26(30(4,5)19-24(34)35-6)25(37-28)20-13-8-7-9-14-20/h7-18H,19H2,1-6H3,(H,32,33). The number of aromatic nitrogens is 2. The Labute approximate surface area is 222 Å². The van der Waals surface area contributed by atoms with Crippen LogP contribution < -0.4 is 10.1 Å². The normalized spacial score (nSPS) is 11.7. The largest absolute Gasteiger partial charge is 0.469 e. The Morgan fingerprint density at radius 3 is 2.35 bits per heavy atom. The van der Waals surface area contributed by atoms with E-state index in [9.17, 15) is 4.79 Å². The number of para-hydroxylation sites is 1. The molecular weight excluding hydrogens is 482 g/mol. The number of hydrogen-bond donors (Lipinski definition) is 1. The quantitative estimate of drug-likeness (QED) is 0.241. The summed E-state index contributed by atoms with van der Waals surface area (Å²) in [7, 11) is 1.41. The Morgan fingerprint density at radius 1 is 0.946 bits per heavy atom. The van der Waals surface area contributed by atoms with Gasteiger partial charge in [0, 0.05) is 17.2 Å². The monoisotopic (exact) mass is 515 g/mol. The highest BCUT2D eigenvalue weighted by molar-refractivity contribution is 7.19. The highest BCUT2D eigenvalue weighted by atomic mass is 32.1. The first kappa shape index (κ1) is 26.4. The molecule has 0 spiro atoms. The number of thiazole rings is 1. The van der Waals surface area contributed by atoms with Crippen molar-refractivity contribution in [3.63, 3.8) is 0 Å². The van der Waals surface area contributed by atoms with Gasteiger partial charge in [-0.25, -0.2) is 9.97 Å². The summed E-state index contributed by atoms with van der Waals surface area (Å²) in [6.07, 6.45) is 1.93. The van der Waals surface area contributed by atoms with Crippen molar-refractivity contribution in [1.29, 1.82) is 0 Å². The molecular formula is C30H33N3O3S. The van der Waals surface area contributed by atoms with E-state index in [2.05, 4.69) is 49.3 Å². The van der Waals surface area contributed by atoms with Crippen LogP contribution in [0.4, 0.5) is 10.8 Å². The topological polar surface area (TPSA) is 73.3 Å². The van der Waals surface area contributed by atoms with E-state index in [1.54, 1.807) is 6.20 Å². The zero-order valence-corrected chi connectivity index (χ0v) is 23.0. The zero-order chi connectivity index (χ0) is 26.6. The highest BCUT2D eigenvalue weighted by Crippen LogP contribution is 2.43. The molecule has 4 rings (SSSR count). The molecule has 0 atom stereocenters. The first-order valence-corrected chi connectivity index (χ1v) is 13.0. The second-order valence-corrected chi connectivity index (χ2v) is 11.5. The molecule has 6 nitrogen and oxygen atoms in total. The smallest absolute Gasteiger partial charge is 0.306 e. The maximum Gasteiger partial charge on any atom is 0.306 e. The van der Waals surface area contributed by atoms with E-state index in [4.69, 9.17) is 14.5 Å². The van der Waals surface area contributed by atoms with Crippen molar-refractivity contribution >= 4 is 28.1 Å². The summed E-state index contributed by atoms with van der Waals surface area (Å²) < 4.78 is 11.3. The van der Waals surface area contributed by atoms with Crippen LogP contribution in [-0.4, -0.2) is 23.0 Å². The first-order valence-electron chi connectivity index (χ1n) is 12.2. The average Bonchev–Trinajstić information content (AvgIpc) is 3.30. The van der Waals surface area contributed by atoms with Crippen LogP contribution in [0, 0.1) is 0 Å². The van der Waals surface area contributed by atoms with Gasteiger partial charge in [0.15, 0.2) is 5.13 Å². The highest BCUT2D eigenvalue weighted by Gasteiger charge is 2.32. The van der Waals surface area contributed by atoms with Gasteiger partial charge in [0.1, 0.15) is 11.4 Å². The third-order valence-electron chi connectivity index (χ3n) is 6.03. The number of pyridine rings is 1. The molecule has 2 aromatic carbocycles. The number of carbonyl (C=O) groups excluding carboxylic acids is 1. The Balaban J connectivity index is 1.71. The van der Waals surface area contributed by atoms with E-state index in [1.165, 1.54) is 18.4 Å². The maximum atomic E-state index is 12.2. The lowest BCUT2D eigenvalue weighted by atomic mass is 9.84. The van der Waals surface area contributed by atoms with Crippen LogP contribution in [0.1, 0.15) is 52.3 Å². The lowest BCUT2D eigenvalue weighted by Crippen LogP contribution is -2.23. The fraction of sp³-hybridized carbons (Fsp3) is 0.300. The molecule has 0 aliphatic heterocycles. The Bertz CT molecular complexity index is 1370. The Kier molecular flexibility index (Phi) is 7.64. The van der Waals surface area contributed by atoms with Crippen molar-refractivity contribution in [3.05, 3.63) is 84.2 Å². The van der Waals surface area contributed by atoms with Crippen molar-refractivity contribution in [1.82, 2.24) is 9.97 Å². The second-order valence-electron chi connectivity index (χ2n) is 10.5. The van der Waals surface area contributed by atoms with Crippen LogP contribution in [0.2, 0.25) is 0 Å². The summed E-state index contributed by atoms with van der Waals surface area (Å²) in [6, 6.07) is 21.9. The molecule has 1 N–H and O–H groups in total. The van der Waals surface area contributed by atoms with Gasteiger partial charge in [-0.05, 0) is 29.2 Å². The van der Waals surface area contributed by atoms with Gasteiger partial charge in [-0.1, -0.05) is 94.5 Å². The number of anilines is 2. The number of nitrogens with one attached hydrogen (secondary N) is 1. The molecule has 0 aliphatic carbocycles. The molecule has 0 amide bonds. The van der Waals surface area contributed by atoms with Gasteiger partial charge >= 0.3 is 5.97 Å². The average molecular weight is 516 g/mol. The molecule has 0 radical (unpaired) electrons. The van der Waals surface area contributed by atoms with Gasteiger partial charge in [0.2, 0.25) is 5.88 Å². The predicted octanol–water partition coefficient (Wildman–Crippen LogP) is 7.88. The van der Waals surface area contributed by atoms with E-state index in [1.807, 2.05) is 62.4 Å². The molecule has 4 aromatic rings. The lowest BCUT2D eigenvalue weighted by molar-refractivity contribution is -0.141. The fourth-order valence-corrected chi connectivity index (χ4v) is 5.26. The zero-order valence-electron chi connectivity index (χ0n) is 22.2. The van der Waals surface area contributed by atoms with E-state index in [0.717, 1.165) is 27.4 Å². The molecule has 2 aromatic heterocycles. The van der Waals surface area contributed by atoms with Crippen molar-refractivity contribution in [2.45, 2.75) is 51.9 Å². The van der Waals surface area contributed by atoms with E-state index in [0.29, 0.717) is 16.7 Å². The van der Waals surface area contributed by atoms with Crippen LogP contribution in [0.15, 0.2) is 72.9 Å². The summed E-state index contributed by atoms with van der Waals surface area (Å²) in [4.78, 5) is 22.6. The van der Waals surface area contributed by atoms with E-state index < -0.39 is 5.41 Å². The van der Waals surface area contributed by atoms with Crippen molar-refractivity contribution in [3.8, 4) is 22.1 Å². The molecule has 0 saturated carbocycles. The lowest BCUT2D eigenvalue weighted by Gasteiger charge is -2.23. The molecule has 7 heteroatoms. The molecule has 0 fully saturated rings. The molecule has 0 saturated heterocycles. The van der Waals surface area contributed by atoms with Gasteiger partial charge in [-0.2, -0.15) is 0 Å². The van der Waals surface area contributed by atoms with Gasteiger partial charge in [-0.15, -0.1) is 0 Å². The number of nitrogens with zero attached hydrogens (tertiary/aromatic N) is 2. The second kappa shape index (κ2) is 10.7. The molecule has 2 heterocycles. The SMILES string of the molecule is COC(=O)CC(C)(C)c1nc(Nc2cccnc2Oc2ccccc2C(C)(C)C)sc1-c1ccccc1. The minimum atomic E-state index is -0.533. The number of hydrogen-bond acceptors (Lipinski definition) is 7. The predicted molar refractivity (Wildman–Crippen MR) is 150 cm³/mol.